The van der Waals surface area contributed by atoms with Crippen LogP contribution in [0.3, 0.4) is 0 Å². The monoisotopic (exact) mass is 171 g/mol. The van der Waals surface area contributed by atoms with Crippen LogP contribution in [0.25, 0.3) is 0 Å². The van der Waals surface area contributed by atoms with E-state index in [0.29, 0.717) is 13.1 Å². The molecule has 1 saturated carbocycles. The Kier molecular flexibility index (Phi) is 1.27. The lowest BCUT2D eigenvalue weighted by atomic mass is 9.56. The fraction of sp³-hybridized carbons (Fsp3) is 0.875. The third-order valence-electron chi connectivity index (χ3n) is 2.83. The minimum absolute atomic E-state index is 0.127. The van der Waals surface area contributed by atoms with Gasteiger partial charge in [-0.15, -0.1) is 0 Å². The van der Waals surface area contributed by atoms with Gasteiger partial charge in [0.1, 0.15) is 0 Å². The molecule has 0 aromatic heterocycles. The van der Waals surface area contributed by atoms with Crippen molar-refractivity contribution in [2.75, 3.05) is 13.1 Å². The average Bonchev–Trinajstić information content (AvgIpc) is 1.75. The van der Waals surface area contributed by atoms with Crippen LogP contribution in [0.4, 0.5) is 4.79 Å². The molecule has 0 bridgehead atoms. The Balaban J connectivity index is 1.87. The van der Waals surface area contributed by atoms with Crippen molar-refractivity contribution in [3.63, 3.8) is 0 Å². The molecule has 1 aliphatic heterocycles. The highest BCUT2D eigenvalue weighted by Gasteiger charge is 2.58. The van der Waals surface area contributed by atoms with E-state index in [2.05, 4.69) is 0 Å². The van der Waals surface area contributed by atoms with Gasteiger partial charge in [-0.3, -0.25) is 0 Å². The van der Waals surface area contributed by atoms with Crippen LogP contribution < -0.4 is 0 Å². The maximum Gasteiger partial charge on any atom is 0.407 e. The first-order chi connectivity index (χ1) is 5.43. The van der Waals surface area contributed by atoms with Crippen LogP contribution in [0, 0.1) is 5.41 Å². The summed E-state index contributed by atoms with van der Waals surface area (Å²) in [6.07, 6.45) is 0.667. The van der Waals surface area contributed by atoms with E-state index in [4.69, 9.17) is 5.11 Å². The fourth-order valence-corrected chi connectivity index (χ4v) is 2.69. The van der Waals surface area contributed by atoms with Crippen molar-refractivity contribution in [3.05, 3.63) is 0 Å². The van der Waals surface area contributed by atoms with Gasteiger partial charge in [0.2, 0.25) is 0 Å². The Labute approximate surface area is 70.8 Å². The Morgan fingerprint density at radius 1 is 1.42 bits per heavy atom. The highest BCUT2D eigenvalue weighted by atomic mass is 16.4. The molecule has 1 amide bonds. The first kappa shape index (κ1) is 7.86. The predicted molar refractivity (Wildman–Crippen MR) is 41.9 cm³/mol. The first-order valence-electron chi connectivity index (χ1n) is 4.13. The average molecular weight is 171 g/mol. The van der Waals surface area contributed by atoms with Gasteiger partial charge < -0.3 is 15.1 Å². The van der Waals surface area contributed by atoms with Crippen molar-refractivity contribution in [1.29, 1.82) is 0 Å². The van der Waals surface area contributed by atoms with E-state index in [-0.39, 0.29) is 5.41 Å². The summed E-state index contributed by atoms with van der Waals surface area (Å²) in [7, 11) is 0. The summed E-state index contributed by atoms with van der Waals surface area (Å²) in [5.74, 6) is 0. The van der Waals surface area contributed by atoms with E-state index in [1.807, 2.05) is 6.92 Å². The summed E-state index contributed by atoms with van der Waals surface area (Å²) in [5, 5.41) is 18.1. The lowest BCUT2D eigenvalue weighted by molar-refractivity contribution is -0.171. The Morgan fingerprint density at radius 2 is 1.92 bits per heavy atom. The molecule has 1 aliphatic carbocycles. The molecule has 0 radical (unpaired) electrons. The van der Waals surface area contributed by atoms with E-state index >= 15 is 0 Å². The van der Waals surface area contributed by atoms with Crippen LogP contribution in [0.1, 0.15) is 19.8 Å². The number of nitrogens with zero attached hydrogens (tertiary/aromatic N) is 1. The van der Waals surface area contributed by atoms with Crippen LogP contribution >= 0.6 is 0 Å². The van der Waals surface area contributed by atoms with Crippen LogP contribution in [0.5, 0.6) is 0 Å². The summed E-state index contributed by atoms with van der Waals surface area (Å²) in [4.78, 5) is 11.8. The number of carboxylic acid groups (broad SMARTS) is 1. The first-order valence-corrected chi connectivity index (χ1v) is 4.13. The third kappa shape index (κ3) is 0.982. The van der Waals surface area contributed by atoms with Crippen molar-refractivity contribution >= 4 is 6.09 Å². The number of hydrogen-bond donors (Lipinski definition) is 2. The second-order valence-electron chi connectivity index (χ2n) is 4.49. The van der Waals surface area contributed by atoms with Gasteiger partial charge in [0.05, 0.1) is 5.60 Å². The quantitative estimate of drug-likeness (QED) is 0.558. The molecule has 1 saturated heterocycles. The minimum Gasteiger partial charge on any atom is -0.465 e. The normalized spacial score (nSPS) is 29.3. The standard InChI is InChI=1S/C8H13NO3/c1-7(12)2-8(3-7)4-9(5-8)6(10)11/h12H,2-5H2,1H3,(H,10,11). The molecule has 2 N–H and O–H groups in total. The van der Waals surface area contributed by atoms with Gasteiger partial charge >= 0.3 is 6.09 Å². The molecule has 2 rings (SSSR count). The molecule has 1 spiro atoms. The Bertz CT molecular complexity index is 220. The number of aliphatic hydroxyl groups is 1. The number of hydrogen-bond acceptors (Lipinski definition) is 2. The second-order valence-corrected chi connectivity index (χ2v) is 4.49. The van der Waals surface area contributed by atoms with Gasteiger partial charge in [-0.2, -0.15) is 0 Å². The molecular formula is C8H13NO3. The maximum atomic E-state index is 10.4. The summed E-state index contributed by atoms with van der Waals surface area (Å²) in [5.41, 5.74) is -0.410. The zero-order valence-corrected chi connectivity index (χ0v) is 7.08. The SMILES string of the molecule is CC1(O)CC2(CN(C(=O)O)C2)C1. The molecule has 12 heavy (non-hydrogen) atoms. The Hall–Kier alpha value is -0.770. The molecule has 0 aromatic carbocycles. The van der Waals surface area contributed by atoms with Gasteiger partial charge in [0.15, 0.2) is 0 Å². The van der Waals surface area contributed by atoms with Crippen LogP contribution in [-0.4, -0.2) is 39.9 Å². The number of rotatable bonds is 0. The minimum atomic E-state index is -0.841. The van der Waals surface area contributed by atoms with Crippen LogP contribution in [0.15, 0.2) is 0 Å². The van der Waals surface area contributed by atoms with Gasteiger partial charge in [-0.1, -0.05) is 0 Å². The number of amides is 1. The van der Waals surface area contributed by atoms with Crippen molar-refractivity contribution in [1.82, 2.24) is 4.90 Å². The smallest absolute Gasteiger partial charge is 0.407 e. The Morgan fingerprint density at radius 3 is 2.25 bits per heavy atom. The van der Waals surface area contributed by atoms with Crippen LogP contribution in [0.2, 0.25) is 0 Å². The molecule has 0 atom stereocenters. The molecule has 1 heterocycles. The molecule has 2 aliphatic rings. The summed E-state index contributed by atoms with van der Waals surface area (Å²) in [6, 6.07) is 0. The van der Waals surface area contributed by atoms with Gasteiger partial charge in [0, 0.05) is 18.5 Å². The lowest BCUT2D eigenvalue weighted by Crippen LogP contribution is -2.68. The largest absolute Gasteiger partial charge is 0.465 e. The lowest BCUT2D eigenvalue weighted by Gasteiger charge is -2.60. The summed E-state index contributed by atoms with van der Waals surface area (Å²) < 4.78 is 0. The van der Waals surface area contributed by atoms with E-state index in [1.54, 1.807) is 0 Å². The highest BCUT2D eigenvalue weighted by Crippen LogP contribution is 2.53. The molecule has 4 heteroatoms. The number of carbonyl (C=O) groups is 1. The molecule has 0 aromatic rings. The fourth-order valence-electron chi connectivity index (χ4n) is 2.69. The van der Waals surface area contributed by atoms with E-state index in [9.17, 15) is 9.90 Å². The van der Waals surface area contributed by atoms with Crippen molar-refractivity contribution in [2.24, 2.45) is 5.41 Å². The van der Waals surface area contributed by atoms with Gasteiger partial charge in [-0.05, 0) is 19.8 Å². The molecular weight excluding hydrogens is 158 g/mol. The van der Waals surface area contributed by atoms with E-state index in [1.165, 1.54) is 4.90 Å². The van der Waals surface area contributed by atoms with Crippen molar-refractivity contribution in [3.8, 4) is 0 Å². The van der Waals surface area contributed by atoms with Gasteiger partial charge in [0.25, 0.3) is 0 Å². The van der Waals surface area contributed by atoms with Crippen molar-refractivity contribution < 1.29 is 15.0 Å². The number of likely N-dealkylation sites (tertiary alicyclic amines) is 1. The molecule has 4 nitrogen and oxygen atoms in total. The topological polar surface area (TPSA) is 60.8 Å². The van der Waals surface area contributed by atoms with Crippen LogP contribution in [-0.2, 0) is 0 Å². The van der Waals surface area contributed by atoms with Crippen molar-refractivity contribution in [2.45, 2.75) is 25.4 Å². The zero-order chi connectivity index (χ0) is 8.98. The maximum absolute atomic E-state index is 10.4. The second kappa shape index (κ2) is 1.93. The predicted octanol–water partition coefficient (Wildman–Crippen LogP) is 0.511. The zero-order valence-electron chi connectivity index (χ0n) is 7.08. The summed E-state index contributed by atoms with van der Waals surface area (Å²) >= 11 is 0. The summed E-state index contributed by atoms with van der Waals surface area (Å²) in [6.45, 7) is 3.03. The highest BCUT2D eigenvalue weighted by molar-refractivity contribution is 5.66. The molecule has 68 valence electrons. The van der Waals surface area contributed by atoms with E-state index in [0.717, 1.165) is 12.8 Å². The van der Waals surface area contributed by atoms with E-state index < -0.39 is 11.7 Å². The molecule has 0 unspecified atom stereocenters. The molecule has 2 fully saturated rings. The van der Waals surface area contributed by atoms with Gasteiger partial charge in [-0.25, -0.2) is 4.79 Å². The third-order valence-corrected chi connectivity index (χ3v) is 2.83.